The Morgan fingerprint density at radius 2 is 1.91 bits per heavy atom. The molecule has 0 aliphatic heterocycles. The van der Waals surface area contributed by atoms with E-state index < -0.39 is 0 Å². The normalized spacial score (nSPS) is 11.0. The number of benzene rings is 2. The summed E-state index contributed by atoms with van der Waals surface area (Å²) in [6, 6.07) is 15.7. The molecule has 0 spiro atoms. The van der Waals surface area contributed by atoms with Crippen LogP contribution in [0.5, 0.6) is 5.75 Å². The first kappa shape index (κ1) is 15.1. The molecule has 1 N–H and O–H groups in total. The average molecular weight is 328 g/mol. The zero-order valence-corrected chi connectivity index (χ0v) is 12.8. The first-order valence-electron chi connectivity index (χ1n) is 6.87. The molecule has 0 atom stereocenters. The fourth-order valence-electron chi connectivity index (χ4n) is 1.90. The number of halogens is 1. The topological polar surface area (TPSA) is 55.2 Å². The molecule has 7 heteroatoms. The second kappa shape index (κ2) is 6.97. The largest absolute Gasteiger partial charge is 0.486 e. The Morgan fingerprint density at radius 3 is 2.70 bits per heavy atom. The van der Waals surface area contributed by atoms with E-state index in [0.717, 1.165) is 0 Å². The summed E-state index contributed by atoms with van der Waals surface area (Å²) >= 11 is 5.13. The van der Waals surface area contributed by atoms with Gasteiger partial charge in [-0.1, -0.05) is 36.4 Å². The first-order valence-corrected chi connectivity index (χ1v) is 7.28. The molecule has 0 radical (unpaired) electrons. The van der Waals surface area contributed by atoms with Gasteiger partial charge >= 0.3 is 0 Å². The van der Waals surface area contributed by atoms with Gasteiger partial charge in [0.05, 0.1) is 6.21 Å². The monoisotopic (exact) mass is 328 g/mol. The molecule has 23 heavy (non-hydrogen) atoms. The lowest BCUT2D eigenvalue weighted by Gasteiger charge is -2.05. The van der Waals surface area contributed by atoms with E-state index in [9.17, 15) is 4.39 Å². The molecular weight excluding hydrogens is 315 g/mol. The third kappa shape index (κ3) is 3.70. The minimum atomic E-state index is -0.353. The minimum absolute atomic E-state index is 0.186. The number of aromatic amines is 1. The molecule has 0 amide bonds. The van der Waals surface area contributed by atoms with Gasteiger partial charge in [-0.15, -0.1) is 0 Å². The number of H-pyrrole nitrogens is 1. The van der Waals surface area contributed by atoms with E-state index in [2.05, 4.69) is 15.3 Å². The van der Waals surface area contributed by atoms with Crippen molar-refractivity contribution in [3.8, 4) is 5.75 Å². The van der Waals surface area contributed by atoms with Crippen molar-refractivity contribution in [2.24, 2.45) is 5.10 Å². The van der Waals surface area contributed by atoms with Gasteiger partial charge < -0.3 is 4.74 Å². The van der Waals surface area contributed by atoms with Gasteiger partial charge in [0.2, 0.25) is 4.77 Å². The van der Waals surface area contributed by atoms with Crippen LogP contribution in [0.1, 0.15) is 11.4 Å². The molecule has 1 aromatic heterocycles. The summed E-state index contributed by atoms with van der Waals surface area (Å²) in [6.45, 7) is 0.186. The second-order valence-electron chi connectivity index (χ2n) is 4.62. The van der Waals surface area contributed by atoms with Crippen LogP contribution in [0.2, 0.25) is 0 Å². The van der Waals surface area contributed by atoms with Gasteiger partial charge in [-0.2, -0.15) is 14.9 Å². The van der Waals surface area contributed by atoms with E-state index in [0.29, 0.717) is 21.9 Å². The maximum Gasteiger partial charge on any atom is 0.216 e. The predicted molar refractivity (Wildman–Crippen MR) is 87.6 cm³/mol. The van der Waals surface area contributed by atoms with Gasteiger partial charge in [0.15, 0.2) is 5.82 Å². The van der Waals surface area contributed by atoms with Crippen molar-refractivity contribution in [3.63, 3.8) is 0 Å². The molecule has 2 aromatic carbocycles. The van der Waals surface area contributed by atoms with Crippen molar-refractivity contribution in [2.75, 3.05) is 0 Å². The molecule has 0 fully saturated rings. The third-order valence-electron chi connectivity index (χ3n) is 3.05. The maximum absolute atomic E-state index is 13.6. The number of nitrogens with zero attached hydrogens (tertiary/aromatic N) is 3. The Morgan fingerprint density at radius 1 is 1.17 bits per heavy atom. The minimum Gasteiger partial charge on any atom is -0.486 e. The van der Waals surface area contributed by atoms with Gasteiger partial charge in [0.25, 0.3) is 0 Å². The molecule has 0 saturated carbocycles. The Hall–Kier alpha value is -2.80. The Bertz CT molecular complexity index is 873. The van der Waals surface area contributed by atoms with Crippen LogP contribution >= 0.6 is 12.2 Å². The van der Waals surface area contributed by atoms with Crippen LogP contribution in [0.3, 0.4) is 0 Å². The van der Waals surface area contributed by atoms with Crippen LogP contribution in [0, 0.1) is 10.6 Å². The second-order valence-corrected chi connectivity index (χ2v) is 5.01. The molecule has 0 aliphatic rings. The maximum atomic E-state index is 13.6. The summed E-state index contributed by atoms with van der Waals surface area (Å²) in [5.74, 6) is 0.853. The van der Waals surface area contributed by atoms with Gasteiger partial charge in [-0.25, -0.2) is 9.49 Å². The van der Waals surface area contributed by atoms with E-state index in [-0.39, 0.29) is 12.4 Å². The summed E-state index contributed by atoms with van der Waals surface area (Å²) in [7, 11) is 0. The number of rotatable bonds is 5. The quantitative estimate of drug-likeness (QED) is 0.576. The van der Waals surface area contributed by atoms with Crippen LogP contribution in [0.25, 0.3) is 0 Å². The zero-order chi connectivity index (χ0) is 16.1. The van der Waals surface area contributed by atoms with Crippen molar-refractivity contribution in [3.05, 3.63) is 76.6 Å². The molecule has 1 heterocycles. The zero-order valence-electron chi connectivity index (χ0n) is 12.0. The van der Waals surface area contributed by atoms with Crippen LogP contribution in [-0.4, -0.2) is 21.1 Å². The molecule has 3 rings (SSSR count). The van der Waals surface area contributed by atoms with Gasteiger partial charge in [0, 0.05) is 5.56 Å². The SMILES string of the molecule is Fc1ccccc1/C=N\n1c(COc2ccccc2)n[nH]c1=S. The highest BCUT2D eigenvalue weighted by molar-refractivity contribution is 7.71. The van der Waals surface area contributed by atoms with Crippen molar-refractivity contribution in [2.45, 2.75) is 6.61 Å². The first-order chi connectivity index (χ1) is 11.2. The molecule has 3 aromatic rings. The number of aromatic nitrogens is 3. The number of para-hydroxylation sites is 1. The van der Waals surface area contributed by atoms with Crippen LogP contribution in [0.15, 0.2) is 59.7 Å². The van der Waals surface area contributed by atoms with Crippen LogP contribution < -0.4 is 4.74 Å². The number of hydrogen-bond donors (Lipinski definition) is 1. The van der Waals surface area contributed by atoms with E-state index >= 15 is 0 Å². The summed E-state index contributed by atoms with van der Waals surface area (Å²) in [4.78, 5) is 0. The van der Waals surface area contributed by atoms with Gasteiger partial charge in [0.1, 0.15) is 18.2 Å². The summed E-state index contributed by atoms with van der Waals surface area (Å²) in [5, 5.41) is 10.9. The fraction of sp³-hybridized carbons (Fsp3) is 0.0625. The molecule has 0 aliphatic carbocycles. The predicted octanol–water partition coefficient (Wildman–Crippen LogP) is 3.54. The number of nitrogens with one attached hydrogen (secondary N) is 1. The van der Waals surface area contributed by atoms with E-state index in [1.165, 1.54) is 17.0 Å². The van der Waals surface area contributed by atoms with Crippen LogP contribution in [-0.2, 0) is 6.61 Å². The lowest BCUT2D eigenvalue weighted by atomic mass is 10.2. The van der Waals surface area contributed by atoms with Gasteiger partial charge in [-0.3, -0.25) is 0 Å². The lowest BCUT2D eigenvalue weighted by Crippen LogP contribution is -2.04. The molecule has 116 valence electrons. The van der Waals surface area contributed by atoms with Crippen LogP contribution in [0.4, 0.5) is 4.39 Å². The Labute approximate surface area is 137 Å². The fourth-order valence-corrected chi connectivity index (χ4v) is 2.10. The van der Waals surface area contributed by atoms with Crippen molar-refractivity contribution in [1.29, 1.82) is 0 Å². The van der Waals surface area contributed by atoms with E-state index in [4.69, 9.17) is 17.0 Å². The highest BCUT2D eigenvalue weighted by Gasteiger charge is 2.06. The highest BCUT2D eigenvalue weighted by Crippen LogP contribution is 2.11. The molecule has 5 nitrogen and oxygen atoms in total. The molecule has 0 saturated heterocycles. The highest BCUT2D eigenvalue weighted by atomic mass is 32.1. The molecule has 0 unspecified atom stereocenters. The van der Waals surface area contributed by atoms with Crippen molar-refractivity contribution < 1.29 is 9.13 Å². The van der Waals surface area contributed by atoms with E-state index in [1.807, 2.05) is 30.3 Å². The smallest absolute Gasteiger partial charge is 0.216 e. The van der Waals surface area contributed by atoms with Crippen molar-refractivity contribution >= 4 is 18.4 Å². The molecule has 0 bridgehead atoms. The summed E-state index contributed by atoms with van der Waals surface area (Å²) in [6.07, 6.45) is 1.40. The summed E-state index contributed by atoms with van der Waals surface area (Å²) < 4.78 is 21.0. The number of ether oxygens (including phenoxy) is 1. The van der Waals surface area contributed by atoms with Crippen molar-refractivity contribution in [1.82, 2.24) is 14.9 Å². The number of hydrogen-bond acceptors (Lipinski definition) is 4. The van der Waals surface area contributed by atoms with Gasteiger partial charge in [-0.05, 0) is 30.4 Å². The lowest BCUT2D eigenvalue weighted by molar-refractivity contribution is 0.290. The summed E-state index contributed by atoms with van der Waals surface area (Å²) in [5.41, 5.74) is 0.366. The average Bonchev–Trinajstić information content (AvgIpc) is 2.93. The molecular formula is C16H13FN4OS. The standard InChI is InChI=1S/C16H13FN4OS/c17-14-9-5-4-6-12(14)10-18-21-15(19-20-16(21)23)11-22-13-7-2-1-3-8-13/h1-10H,11H2,(H,20,23)/b18-10-. The third-order valence-corrected chi connectivity index (χ3v) is 3.31. The van der Waals surface area contributed by atoms with E-state index in [1.54, 1.807) is 18.2 Å². The Kier molecular flexibility index (Phi) is 4.58. The Balaban J connectivity index is 1.79.